The number of thiazole rings is 1. The third kappa shape index (κ3) is 4.43. The molecule has 0 spiro atoms. The Morgan fingerprint density at radius 3 is 2.81 bits per heavy atom. The number of nitrogens with one attached hydrogen (secondary N) is 1. The highest BCUT2D eigenvalue weighted by Gasteiger charge is 2.31. The fourth-order valence-corrected chi connectivity index (χ4v) is 4.89. The van der Waals surface area contributed by atoms with Gasteiger partial charge in [0, 0.05) is 19.0 Å². The Morgan fingerprint density at radius 1 is 1.58 bits per heavy atom. The van der Waals surface area contributed by atoms with E-state index in [-0.39, 0.29) is 22.6 Å². The third-order valence-corrected chi connectivity index (χ3v) is 6.30. The van der Waals surface area contributed by atoms with Crippen LogP contribution in [0.25, 0.3) is 0 Å². The predicted octanol–water partition coefficient (Wildman–Crippen LogP) is 3.21. The minimum atomic E-state index is -3.93. The van der Waals surface area contributed by atoms with Gasteiger partial charge in [0.1, 0.15) is 10.4 Å². The maximum absolute atomic E-state index is 12.8. The SMILES string of the molecule is C=CC(c1c(C)nn(C)c1Cl)S(=O)(=O)Nc1nc(OC(=O)CCC)cs1. The average molecular weight is 419 g/mol. The molecule has 1 atom stereocenters. The van der Waals surface area contributed by atoms with Crippen molar-refractivity contribution in [1.82, 2.24) is 14.8 Å². The van der Waals surface area contributed by atoms with Crippen LogP contribution in [0.2, 0.25) is 5.15 Å². The van der Waals surface area contributed by atoms with Crippen molar-refractivity contribution >= 4 is 44.1 Å². The van der Waals surface area contributed by atoms with Crippen molar-refractivity contribution < 1.29 is 17.9 Å². The van der Waals surface area contributed by atoms with Gasteiger partial charge in [0.25, 0.3) is 0 Å². The van der Waals surface area contributed by atoms with Crippen LogP contribution >= 0.6 is 22.9 Å². The van der Waals surface area contributed by atoms with E-state index in [9.17, 15) is 13.2 Å². The number of hydrogen-bond donors (Lipinski definition) is 1. The molecule has 0 amide bonds. The second-order valence-corrected chi connectivity index (χ2v) is 8.45. The summed E-state index contributed by atoms with van der Waals surface area (Å²) >= 11 is 7.18. The number of sulfonamides is 1. The number of esters is 1. The molecule has 2 aromatic rings. The summed E-state index contributed by atoms with van der Waals surface area (Å²) in [5.74, 6) is -0.370. The molecule has 0 aliphatic rings. The number of nitrogens with zero attached hydrogens (tertiary/aromatic N) is 3. The number of rotatable bonds is 8. The van der Waals surface area contributed by atoms with E-state index in [1.54, 1.807) is 14.0 Å². The van der Waals surface area contributed by atoms with E-state index in [1.165, 1.54) is 16.1 Å². The van der Waals surface area contributed by atoms with Gasteiger partial charge in [-0.3, -0.25) is 14.2 Å². The van der Waals surface area contributed by atoms with Gasteiger partial charge in [-0.2, -0.15) is 10.1 Å². The molecule has 0 saturated carbocycles. The Bertz CT molecular complexity index is 920. The Labute approximate surface area is 160 Å². The van der Waals surface area contributed by atoms with Crippen LogP contribution in [0, 0.1) is 6.92 Å². The van der Waals surface area contributed by atoms with Gasteiger partial charge in [-0.05, 0) is 13.3 Å². The lowest BCUT2D eigenvalue weighted by atomic mass is 10.2. The lowest BCUT2D eigenvalue weighted by molar-refractivity contribution is -0.134. The molecule has 0 aliphatic carbocycles. The summed E-state index contributed by atoms with van der Waals surface area (Å²) in [4.78, 5) is 15.5. The summed E-state index contributed by atoms with van der Waals surface area (Å²) in [6, 6.07) is 0. The van der Waals surface area contributed by atoms with Gasteiger partial charge in [-0.25, -0.2) is 8.42 Å². The van der Waals surface area contributed by atoms with E-state index in [4.69, 9.17) is 16.3 Å². The normalized spacial score (nSPS) is 12.6. The van der Waals surface area contributed by atoms with Gasteiger partial charge in [-0.15, -0.1) is 17.9 Å². The molecule has 0 bridgehead atoms. The van der Waals surface area contributed by atoms with E-state index in [0.29, 0.717) is 17.7 Å². The zero-order valence-electron chi connectivity index (χ0n) is 14.5. The zero-order chi connectivity index (χ0) is 19.5. The molecule has 26 heavy (non-hydrogen) atoms. The molecule has 11 heteroatoms. The second-order valence-electron chi connectivity index (χ2n) is 5.43. The van der Waals surface area contributed by atoms with Crippen molar-refractivity contribution in [3.63, 3.8) is 0 Å². The van der Waals surface area contributed by atoms with Gasteiger partial charge < -0.3 is 4.74 Å². The number of halogens is 1. The fraction of sp³-hybridized carbons (Fsp3) is 0.400. The van der Waals surface area contributed by atoms with Gasteiger partial charge in [0.15, 0.2) is 5.13 Å². The van der Waals surface area contributed by atoms with Crippen LogP contribution in [0.5, 0.6) is 5.88 Å². The molecule has 0 fully saturated rings. The van der Waals surface area contributed by atoms with E-state index in [1.807, 2.05) is 6.92 Å². The van der Waals surface area contributed by atoms with Crippen molar-refractivity contribution in [1.29, 1.82) is 0 Å². The van der Waals surface area contributed by atoms with Crippen LogP contribution in [0.4, 0.5) is 5.13 Å². The molecular formula is C15H19ClN4O4S2. The Hall–Kier alpha value is -1.91. The Morgan fingerprint density at radius 2 is 2.27 bits per heavy atom. The number of hydrogen-bond acceptors (Lipinski definition) is 7. The van der Waals surface area contributed by atoms with Crippen LogP contribution < -0.4 is 9.46 Å². The molecule has 0 aliphatic heterocycles. The number of carbonyl (C=O) groups excluding carboxylic acids is 1. The van der Waals surface area contributed by atoms with Gasteiger partial charge in [0.2, 0.25) is 15.9 Å². The quantitative estimate of drug-likeness (QED) is 0.521. The van der Waals surface area contributed by atoms with Gasteiger partial charge >= 0.3 is 5.97 Å². The lowest BCUT2D eigenvalue weighted by Crippen LogP contribution is -2.20. The topological polar surface area (TPSA) is 103 Å². The zero-order valence-corrected chi connectivity index (χ0v) is 16.9. The molecule has 8 nitrogen and oxygen atoms in total. The van der Waals surface area contributed by atoms with Gasteiger partial charge in [-0.1, -0.05) is 24.6 Å². The summed E-state index contributed by atoms with van der Waals surface area (Å²) in [7, 11) is -2.31. The average Bonchev–Trinajstić information content (AvgIpc) is 3.06. The van der Waals surface area contributed by atoms with E-state index < -0.39 is 21.2 Å². The largest absolute Gasteiger partial charge is 0.406 e. The summed E-state index contributed by atoms with van der Waals surface area (Å²) in [5, 5.41) is 4.76. The first-order valence-corrected chi connectivity index (χ1v) is 10.5. The van der Waals surface area contributed by atoms with Crippen molar-refractivity contribution in [3.05, 3.63) is 34.4 Å². The van der Waals surface area contributed by atoms with Crippen LogP contribution in [0.15, 0.2) is 18.0 Å². The summed E-state index contributed by atoms with van der Waals surface area (Å²) in [5.41, 5.74) is 0.837. The van der Waals surface area contributed by atoms with Crippen LogP contribution in [-0.2, 0) is 21.9 Å². The summed E-state index contributed by atoms with van der Waals surface area (Å²) in [6.07, 6.45) is 2.18. The van der Waals surface area contributed by atoms with Crippen molar-refractivity contribution in [3.8, 4) is 5.88 Å². The molecule has 2 rings (SSSR count). The molecule has 0 radical (unpaired) electrons. The number of carbonyl (C=O) groups is 1. The second kappa shape index (κ2) is 8.19. The first kappa shape index (κ1) is 20.4. The smallest absolute Gasteiger partial charge is 0.312 e. The monoisotopic (exact) mass is 418 g/mol. The highest BCUT2D eigenvalue weighted by molar-refractivity contribution is 7.93. The Balaban J connectivity index is 2.23. The molecule has 2 heterocycles. The van der Waals surface area contributed by atoms with Crippen molar-refractivity contribution in [2.45, 2.75) is 31.9 Å². The standard InChI is InChI=1S/C15H19ClN4O4S2/c1-5-7-12(21)24-11-8-25-15(17-11)19-26(22,23)10(6-2)13-9(3)18-20(4)14(13)16/h6,8,10H,2,5,7H2,1,3-4H3,(H,17,19). The highest BCUT2D eigenvalue weighted by Crippen LogP contribution is 2.34. The third-order valence-electron chi connectivity index (χ3n) is 3.41. The fourth-order valence-electron chi connectivity index (χ4n) is 2.28. The molecule has 1 N–H and O–H groups in total. The maximum Gasteiger partial charge on any atom is 0.312 e. The summed E-state index contributed by atoms with van der Waals surface area (Å²) < 4.78 is 34.3. The maximum atomic E-state index is 12.8. The molecular weight excluding hydrogens is 400 g/mol. The van der Waals surface area contributed by atoms with Crippen molar-refractivity contribution in [2.75, 3.05) is 4.72 Å². The van der Waals surface area contributed by atoms with Crippen molar-refractivity contribution in [2.24, 2.45) is 7.05 Å². The van der Waals surface area contributed by atoms with Crippen LogP contribution in [-0.4, -0.2) is 29.2 Å². The van der Waals surface area contributed by atoms with Gasteiger partial charge in [0.05, 0.1) is 11.1 Å². The number of aromatic nitrogens is 3. The molecule has 0 aromatic carbocycles. The number of ether oxygens (including phenoxy) is 1. The molecule has 142 valence electrons. The first-order valence-electron chi connectivity index (χ1n) is 7.69. The van der Waals surface area contributed by atoms with Crippen LogP contribution in [0.1, 0.15) is 36.3 Å². The molecule has 0 saturated heterocycles. The lowest BCUT2D eigenvalue weighted by Gasteiger charge is -2.14. The summed E-state index contributed by atoms with van der Waals surface area (Å²) in [6.45, 7) is 7.12. The highest BCUT2D eigenvalue weighted by atomic mass is 35.5. The predicted molar refractivity (Wildman–Crippen MR) is 101 cm³/mol. The molecule has 1 unspecified atom stereocenters. The minimum Gasteiger partial charge on any atom is -0.406 e. The van der Waals surface area contributed by atoms with Crippen LogP contribution in [0.3, 0.4) is 0 Å². The minimum absolute atomic E-state index is 0.0527. The Kier molecular flexibility index (Phi) is 6.43. The van der Waals surface area contributed by atoms with E-state index in [2.05, 4.69) is 21.4 Å². The van der Waals surface area contributed by atoms with E-state index in [0.717, 1.165) is 11.3 Å². The molecule has 2 aromatic heterocycles. The first-order chi connectivity index (χ1) is 12.2. The number of aryl methyl sites for hydroxylation is 2. The van der Waals surface area contributed by atoms with E-state index >= 15 is 0 Å². The number of anilines is 1.